The van der Waals surface area contributed by atoms with E-state index >= 15 is 0 Å². The van der Waals surface area contributed by atoms with E-state index in [2.05, 4.69) is 6.92 Å². The van der Waals surface area contributed by atoms with Gasteiger partial charge in [-0.3, -0.25) is 4.79 Å². The summed E-state index contributed by atoms with van der Waals surface area (Å²) in [6.45, 7) is 2.27. The average molecular weight is 417 g/mol. The van der Waals surface area contributed by atoms with Gasteiger partial charge in [0.2, 0.25) is 0 Å². The molecule has 0 fully saturated rings. The molecule has 0 aliphatic rings. The lowest BCUT2D eigenvalue weighted by atomic mass is 10.0. The van der Waals surface area contributed by atoms with Crippen LogP contribution < -0.4 is 0 Å². The minimum absolute atomic E-state index is 0.331. The normalized spacial score (nSPS) is 10.8. The largest absolute Gasteiger partial charge is 0.389 e. The summed E-state index contributed by atoms with van der Waals surface area (Å²) >= 11 is 0. The Morgan fingerprint density at radius 2 is 1.00 bits per heavy atom. The second kappa shape index (κ2) is 19.3. The van der Waals surface area contributed by atoms with Crippen LogP contribution in [0.3, 0.4) is 0 Å². The molecule has 0 unspecified atom stereocenters. The highest BCUT2D eigenvalue weighted by molar-refractivity contribution is 5.96. The molecule has 0 aliphatic heterocycles. The minimum atomic E-state index is -0.549. The Morgan fingerprint density at radius 1 is 0.600 bits per heavy atom. The van der Waals surface area contributed by atoms with Gasteiger partial charge in [0.15, 0.2) is 0 Å². The first-order chi connectivity index (χ1) is 14.7. The van der Waals surface area contributed by atoms with Crippen LogP contribution in [-0.2, 0) is 9.53 Å². The molecule has 0 aliphatic carbocycles. The number of carbonyl (C=O) groups excluding carboxylic acids is 2. The molecule has 0 bridgehead atoms. The van der Waals surface area contributed by atoms with Crippen LogP contribution in [0.15, 0.2) is 30.3 Å². The van der Waals surface area contributed by atoms with Gasteiger partial charge in [-0.1, -0.05) is 128 Å². The second-order valence-corrected chi connectivity index (χ2v) is 8.53. The summed E-state index contributed by atoms with van der Waals surface area (Å²) in [5.41, 5.74) is 0.424. The molecule has 0 radical (unpaired) electrons. The molecule has 3 nitrogen and oxygen atoms in total. The fraction of sp³-hybridized carbons (Fsp3) is 0.704. The lowest BCUT2D eigenvalue weighted by Gasteiger charge is -2.04. The van der Waals surface area contributed by atoms with Crippen molar-refractivity contribution in [2.24, 2.45) is 0 Å². The molecule has 0 saturated carbocycles. The number of esters is 2. The number of hydrogen-bond donors (Lipinski definition) is 0. The van der Waals surface area contributed by atoms with Crippen molar-refractivity contribution in [2.75, 3.05) is 0 Å². The molecule has 0 spiro atoms. The zero-order valence-corrected chi connectivity index (χ0v) is 19.3. The maximum atomic E-state index is 11.8. The van der Waals surface area contributed by atoms with Crippen molar-refractivity contribution in [3.63, 3.8) is 0 Å². The van der Waals surface area contributed by atoms with Crippen LogP contribution in [0.25, 0.3) is 0 Å². The zero-order valence-electron chi connectivity index (χ0n) is 19.3. The quantitative estimate of drug-likeness (QED) is 0.129. The highest BCUT2D eigenvalue weighted by atomic mass is 16.6. The van der Waals surface area contributed by atoms with Crippen LogP contribution in [-0.4, -0.2) is 11.9 Å². The van der Waals surface area contributed by atoms with Gasteiger partial charge in [0.1, 0.15) is 0 Å². The summed E-state index contributed by atoms with van der Waals surface area (Å²) in [4.78, 5) is 23.5. The highest BCUT2D eigenvalue weighted by Crippen LogP contribution is 2.14. The predicted octanol–water partition coefficient (Wildman–Crippen LogP) is 8.41. The molecule has 3 heteroatoms. The van der Waals surface area contributed by atoms with Crippen LogP contribution in [0, 0.1) is 0 Å². The average Bonchev–Trinajstić information content (AvgIpc) is 2.76. The monoisotopic (exact) mass is 416 g/mol. The number of rotatable bonds is 19. The predicted molar refractivity (Wildman–Crippen MR) is 126 cm³/mol. The second-order valence-electron chi connectivity index (χ2n) is 8.53. The van der Waals surface area contributed by atoms with E-state index in [0.717, 1.165) is 19.3 Å². The number of hydrogen-bond acceptors (Lipinski definition) is 3. The summed E-state index contributed by atoms with van der Waals surface area (Å²) in [5.74, 6) is -0.961. The summed E-state index contributed by atoms with van der Waals surface area (Å²) in [6.07, 6.45) is 22.7. The Kier molecular flexibility index (Phi) is 17.0. The van der Waals surface area contributed by atoms with Gasteiger partial charge in [-0.25, -0.2) is 4.79 Å². The maximum Gasteiger partial charge on any atom is 0.345 e. The van der Waals surface area contributed by atoms with Gasteiger partial charge in [-0.05, 0) is 18.6 Å². The highest BCUT2D eigenvalue weighted by Gasteiger charge is 2.11. The summed E-state index contributed by atoms with van der Waals surface area (Å²) in [5, 5.41) is 0. The fourth-order valence-electron chi connectivity index (χ4n) is 3.78. The number of carbonyl (C=O) groups is 2. The van der Waals surface area contributed by atoms with Gasteiger partial charge < -0.3 is 4.74 Å². The third kappa shape index (κ3) is 15.2. The fourth-order valence-corrected chi connectivity index (χ4v) is 3.78. The maximum absolute atomic E-state index is 11.8. The first-order valence-corrected chi connectivity index (χ1v) is 12.5. The van der Waals surface area contributed by atoms with E-state index < -0.39 is 11.9 Å². The van der Waals surface area contributed by atoms with Crippen LogP contribution in [0.4, 0.5) is 0 Å². The Bertz CT molecular complexity index is 538. The SMILES string of the molecule is CCCCCCCCCCCCCCCCCCCC(=O)OC(=O)c1ccccc1. The van der Waals surface area contributed by atoms with Gasteiger partial charge in [0.25, 0.3) is 0 Å². The van der Waals surface area contributed by atoms with E-state index in [4.69, 9.17) is 4.74 Å². The van der Waals surface area contributed by atoms with Crippen LogP contribution >= 0.6 is 0 Å². The van der Waals surface area contributed by atoms with Gasteiger partial charge >= 0.3 is 11.9 Å². The van der Waals surface area contributed by atoms with Crippen molar-refractivity contribution in [1.29, 1.82) is 0 Å². The van der Waals surface area contributed by atoms with Gasteiger partial charge in [-0.15, -0.1) is 0 Å². The molecule has 0 saturated heterocycles. The molecule has 1 rings (SSSR count). The van der Waals surface area contributed by atoms with Crippen molar-refractivity contribution in [2.45, 2.75) is 122 Å². The van der Waals surface area contributed by atoms with Gasteiger partial charge in [0.05, 0.1) is 5.56 Å². The Hall–Kier alpha value is -1.64. The van der Waals surface area contributed by atoms with Crippen molar-refractivity contribution in [1.82, 2.24) is 0 Å². The van der Waals surface area contributed by atoms with Crippen LogP contribution in [0.1, 0.15) is 133 Å². The molecular formula is C27H44O3. The van der Waals surface area contributed by atoms with E-state index in [1.165, 1.54) is 89.9 Å². The van der Waals surface area contributed by atoms with Crippen LogP contribution in [0.2, 0.25) is 0 Å². The molecule has 0 amide bonds. The summed E-state index contributed by atoms with van der Waals surface area (Å²) in [7, 11) is 0. The topological polar surface area (TPSA) is 43.4 Å². The van der Waals surface area contributed by atoms with Crippen LogP contribution in [0.5, 0.6) is 0 Å². The van der Waals surface area contributed by atoms with Crippen molar-refractivity contribution >= 4 is 11.9 Å². The van der Waals surface area contributed by atoms with E-state index in [9.17, 15) is 9.59 Å². The molecule has 1 aromatic rings. The first kappa shape index (κ1) is 26.4. The molecule has 170 valence electrons. The summed E-state index contributed by atoms with van der Waals surface area (Å²) < 4.78 is 4.89. The third-order valence-corrected chi connectivity index (χ3v) is 5.70. The molecule has 0 atom stereocenters. The van der Waals surface area contributed by atoms with Crippen molar-refractivity contribution in [3.8, 4) is 0 Å². The zero-order chi connectivity index (χ0) is 21.7. The van der Waals surface area contributed by atoms with Crippen molar-refractivity contribution in [3.05, 3.63) is 35.9 Å². The third-order valence-electron chi connectivity index (χ3n) is 5.70. The lowest BCUT2D eigenvalue weighted by molar-refractivity contribution is -0.138. The summed E-state index contributed by atoms with van der Waals surface area (Å²) in [6, 6.07) is 8.67. The van der Waals surface area contributed by atoms with E-state index in [0.29, 0.717) is 12.0 Å². The van der Waals surface area contributed by atoms with E-state index in [-0.39, 0.29) is 0 Å². The Labute approximate surface area is 185 Å². The lowest BCUT2D eigenvalue weighted by Crippen LogP contribution is -2.12. The minimum Gasteiger partial charge on any atom is -0.389 e. The standard InChI is InChI=1S/C27H44O3/c1-2-3-4-5-6-7-8-9-10-11-12-13-14-15-16-17-21-24-26(28)30-27(29)25-22-19-18-20-23-25/h18-20,22-23H,2-17,21,24H2,1H3. The molecule has 0 N–H and O–H groups in total. The molecule has 0 heterocycles. The first-order valence-electron chi connectivity index (χ1n) is 12.5. The molecule has 30 heavy (non-hydrogen) atoms. The van der Waals surface area contributed by atoms with Crippen molar-refractivity contribution < 1.29 is 14.3 Å². The number of ether oxygens (including phenoxy) is 1. The number of benzene rings is 1. The number of unbranched alkanes of at least 4 members (excludes halogenated alkanes) is 16. The Morgan fingerprint density at radius 3 is 1.43 bits per heavy atom. The molecule has 1 aromatic carbocycles. The van der Waals surface area contributed by atoms with E-state index in [1.807, 2.05) is 6.07 Å². The Balaban J connectivity index is 1.80. The smallest absolute Gasteiger partial charge is 0.345 e. The molecular weight excluding hydrogens is 372 g/mol. The van der Waals surface area contributed by atoms with Gasteiger partial charge in [-0.2, -0.15) is 0 Å². The van der Waals surface area contributed by atoms with Gasteiger partial charge in [0, 0.05) is 6.42 Å². The van der Waals surface area contributed by atoms with E-state index in [1.54, 1.807) is 24.3 Å². The molecule has 0 aromatic heterocycles.